The van der Waals surface area contributed by atoms with Crippen LogP contribution in [0, 0.1) is 0 Å². The van der Waals surface area contributed by atoms with Gasteiger partial charge in [-0.05, 0) is 26.3 Å². The van der Waals surface area contributed by atoms with Gasteiger partial charge < -0.3 is 5.32 Å². The van der Waals surface area contributed by atoms with Crippen LogP contribution in [0.5, 0.6) is 0 Å². The minimum absolute atomic E-state index is 0.378. The summed E-state index contributed by atoms with van der Waals surface area (Å²) < 4.78 is 26.7. The fourth-order valence-electron chi connectivity index (χ4n) is 1.60. The molecule has 0 unspecified atom stereocenters. The van der Waals surface area contributed by atoms with E-state index < -0.39 is 10.0 Å². The van der Waals surface area contributed by atoms with Crippen molar-refractivity contribution in [1.82, 2.24) is 9.62 Å². The van der Waals surface area contributed by atoms with Crippen LogP contribution in [0.15, 0.2) is 16.3 Å². The SMILES string of the molecule is CCC(C)(C)N(C)S(=O)(=O)c1csc(CNC(C)C)c1. The second-order valence-corrected chi connectivity index (χ2v) is 8.89. The Kier molecular flexibility index (Phi) is 5.78. The van der Waals surface area contributed by atoms with Gasteiger partial charge in [0.15, 0.2) is 0 Å². The van der Waals surface area contributed by atoms with Crippen molar-refractivity contribution in [3.63, 3.8) is 0 Å². The summed E-state index contributed by atoms with van der Waals surface area (Å²) in [6.07, 6.45) is 0.772. The fraction of sp³-hybridized carbons (Fsp3) is 0.714. The first kappa shape index (κ1) is 17.6. The molecule has 0 atom stereocenters. The van der Waals surface area contributed by atoms with Crippen LogP contribution in [0.3, 0.4) is 0 Å². The van der Waals surface area contributed by atoms with Crippen LogP contribution in [-0.4, -0.2) is 31.4 Å². The molecule has 0 radical (unpaired) electrons. The zero-order valence-electron chi connectivity index (χ0n) is 13.2. The van der Waals surface area contributed by atoms with Gasteiger partial charge in [-0.2, -0.15) is 4.31 Å². The third-order valence-corrected chi connectivity index (χ3v) is 6.82. The van der Waals surface area contributed by atoms with Gasteiger partial charge in [0.2, 0.25) is 10.0 Å². The van der Waals surface area contributed by atoms with Crippen molar-refractivity contribution in [3.05, 3.63) is 16.3 Å². The summed E-state index contributed by atoms with van der Waals surface area (Å²) in [5.74, 6) is 0. The minimum atomic E-state index is -3.41. The Morgan fingerprint density at radius 3 is 2.50 bits per heavy atom. The van der Waals surface area contributed by atoms with Crippen LogP contribution in [0.25, 0.3) is 0 Å². The first-order chi connectivity index (χ1) is 9.11. The van der Waals surface area contributed by atoms with Gasteiger partial charge in [-0.1, -0.05) is 20.8 Å². The average Bonchev–Trinajstić information content (AvgIpc) is 2.84. The summed E-state index contributed by atoms with van der Waals surface area (Å²) in [5.41, 5.74) is -0.378. The molecule has 0 spiro atoms. The smallest absolute Gasteiger partial charge is 0.244 e. The van der Waals surface area contributed by atoms with Gasteiger partial charge in [-0.15, -0.1) is 11.3 Å². The minimum Gasteiger partial charge on any atom is -0.310 e. The van der Waals surface area contributed by atoms with Gasteiger partial charge in [-0.25, -0.2) is 8.42 Å². The van der Waals surface area contributed by atoms with E-state index in [0.717, 1.165) is 11.3 Å². The first-order valence-corrected chi connectivity index (χ1v) is 9.23. The molecule has 1 N–H and O–H groups in total. The average molecular weight is 319 g/mol. The van der Waals surface area contributed by atoms with Gasteiger partial charge >= 0.3 is 0 Å². The second kappa shape index (κ2) is 6.56. The summed E-state index contributed by atoms with van der Waals surface area (Å²) in [7, 11) is -1.76. The lowest BCUT2D eigenvalue weighted by Gasteiger charge is -2.33. The molecule has 20 heavy (non-hydrogen) atoms. The third kappa shape index (κ3) is 4.04. The van der Waals surface area contributed by atoms with E-state index in [4.69, 9.17) is 0 Å². The number of nitrogens with zero attached hydrogens (tertiary/aromatic N) is 1. The maximum Gasteiger partial charge on any atom is 0.244 e. The molecule has 1 aromatic rings. The monoisotopic (exact) mass is 318 g/mol. The summed E-state index contributed by atoms with van der Waals surface area (Å²) >= 11 is 1.49. The zero-order chi connectivity index (χ0) is 15.6. The molecule has 4 nitrogen and oxygen atoms in total. The summed E-state index contributed by atoms with van der Waals surface area (Å²) in [5, 5.41) is 5.03. The van der Waals surface area contributed by atoms with Crippen LogP contribution < -0.4 is 5.32 Å². The highest BCUT2D eigenvalue weighted by atomic mass is 32.2. The van der Waals surface area contributed by atoms with E-state index in [-0.39, 0.29) is 5.54 Å². The molecule has 0 amide bonds. The predicted molar refractivity (Wildman–Crippen MR) is 85.6 cm³/mol. The van der Waals surface area contributed by atoms with Crippen LogP contribution in [-0.2, 0) is 16.6 Å². The lowest BCUT2D eigenvalue weighted by molar-refractivity contribution is 0.257. The number of thiophene rings is 1. The highest BCUT2D eigenvalue weighted by Crippen LogP contribution is 2.28. The molecule has 1 heterocycles. The Labute approximate surface area is 127 Å². The number of nitrogens with one attached hydrogen (secondary N) is 1. The molecule has 0 aromatic carbocycles. The van der Waals surface area contributed by atoms with E-state index in [1.165, 1.54) is 15.6 Å². The van der Waals surface area contributed by atoms with E-state index in [0.29, 0.717) is 17.5 Å². The lowest BCUT2D eigenvalue weighted by atomic mass is 10.0. The summed E-state index contributed by atoms with van der Waals surface area (Å²) in [6.45, 7) is 10.7. The van der Waals surface area contributed by atoms with Crippen molar-refractivity contribution in [2.75, 3.05) is 7.05 Å². The van der Waals surface area contributed by atoms with Crippen molar-refractivity contribution < 1.29 is 8.42 Å². The molecular formula is C14H26N2O2S2. The molecule has 0 saturated heterocycles. The number of sulfonamides is 1. The van der Waals surface area contributed by atoms with Gasteiger partial charge in [0, 0.05) is 35.4 Å². The first-order valence-electron chi connectivity index (χ1n) is 6.91. The molecule has 6 heteroatoms. The topological polar surface area (TPSA) is 49.4 Å². The highest BCUT2D eigenvalue weighted by molar-refractivity contribution is 7.89. The fourth-order valence-corrected chi connectivity index (χ4v) is 4.39. The lowest BCUT2D eigenvalue weighted by Crippen LogP contribution is -2.44. The van der Waals surface area contributed by atoms with Crippen LogP contribution >= 0.6 is 11.3 Å². The van der Waals surface area contributed by atoms with Crippen molar-refractivity contribution in [3.8, 4) is 0 Å². The molecule has 0 fully saturated rings. The van der Waals surface area contributed by atoms with E-state index >= 15 is 0 Å². The van der Waals surface area contributed by atoms with E-state index in [2.05, 4.69) is 19.2 Å². The molecule has 0 bridgehead atoms. The van der Waals surface area contributed by atoms with E-state index in [1.807, 2.05) is 20.8 Å². The second-order valence-electron chi connectivity index (χ2n) is 5.92. The number of hydrogen-bond donors (Lipinski definition) is 1. The van der Waals surface area contributed by atoms with Crippen molar-refractivity contribution >= 4 is 21.4 Å². The van der Waals surface area contributed by atoms with Crippen molar-refractivity contribution in [2.24, 2.45) is 0 Å². The Morgan fingerprint density at radius 1 is 1.40 bits per heavy atom. The Morgan fingerprint density at radius 2 is 2.00 bits per heavy atom. The molecule has 1 aromatic heterocycles. The molecule has 0 aliphatic heterocycles. The molecule has 1 rings (SSSR count). The Hall–Kier alpha value is -0.430. The quantitative estimate of drug-likeness (QED) is 0.840. The zero-order valence-corrected chi connectivity index (χ0v) is 14.9. The standard InChI is InChI=1S/C14H26N2O2S2/c1-7-14(4,5)16(6)20(17,18)13-8-12(19-10-13)9-15-11(2)3/h8,10-11,15H,7,9H2,1-6H3. The largest absolute Gasteiger partial charge is 0.310 e. The Balaban J connectivity index is 2.94. The van der Waals surface area contributed by atoms with Crippen molar-refractivity contribution in [2.45, 2.75) is 64.1 Å². The van der Waals surface area contributed by atoms with Crippen molar-refractivity contribution in [1.29, 1.82) is 0 Å². The van der Waals surface area contributed by atoms with Crippen LogP contribution in [0.1, 0.15) is 45.9 Å². The van der Waals surface area contributed by atoms with Gasteiger partial charge in [-0.3, -0.25) is 0 Å². The number of rotatable bonds is 7. The molecule has 0 saturated carbocycles. The van der Waals surface area contributed by atoms with Gasteiger partial charge in [0.05, 0.1) is 4.90 Å². The number of hydrogen-bond acceptors (Lipinski definition) is 4. The Bertz CT molecular complexity index is 533. The maximum absolute atomic E-state index is 12.6. The summed E-state index contributed by atoms with van der Waals surface area (Å²) in [4.78, 5) is 1.44. The van der Waals surface area contributed by atoms with Crippen LogP contribution in [0.4, 0.5) is 0 Å². The highest BCUT2D eigenvalue weighted by Gasteiger charge is 2.33. The van der Waals surface area contributed by atoms with E-state index in [1.54, 1.807) is 18.5 Å². The van der Waals surface area contributed by atoms with Gasteiger partial charge in [0.25, 0.3) is 0 Å². The van der Waals surface area contributed by atoms with Gasteiger partial charge in [0.1, 0.15) is 0 Å². The maximum atomic E-state index is 12.6. The normalized spacial score (nSPS) is 13.4. The van der Waals surface area contributed by atoms with Crippen LogP contribution in [0.2, 0.25) is 0 Å². The third-order valence-electron chi connectivity index (χ3n) is 3.69. The predicted octanol–water partition coefficient (Wildman–Crippen LogP) is 3.06. The molecular weight excluding hydrogens is 292 g/mol. The molecule has 0 aliphatic rings. The molecule has 0 aliphatic carbocycles. The summed E-state index contributed by atoms with van der Waals surface area (Å²) in [6, 6.07) is 2.16. The molecule has 116 valence electrons. The van der Waals surface area contributed by atoms with E-state index in [9.17, 15) is 8.42 Å².